The average molecular weight is 370 g/mol. The summed E-state index contributed by atoms with van der Waals surface area (Å²) in [6.07, 6.45) is 5.58. The summed E-state index contributed by atoms with van der Waals surface area (Å²) in [4.78, 5) is 3.73. The lowest BCUT2D eigenvalue weighted by Crippen LogP contribution is -2.13. The molecule has 0 unspecified atom stereocenters. The van der Waals surface area contributed by atoms with Crippen molar-refractivity contribution < 1.29 is 13.2 Å². The van der Waals surface area contributed by atoms with E-state index >= 15 is 0 Å². The molecule has 1 aliphatic rings. The molecule has 0 fully saturated rings. The van der Waals surface area contributed by atoms with Crippen LogP contribution in [0.25, 0.3) is 10.9 Å². The molecule has 26 heavy (non-hydrogen) atoms. The highest BCUT2D eigenvalue weighted by atomic mass is 32.2. The monoisotopic (exact) mass is 370 g/mol. The molecule has 0 aliphatic heterocycles. The summed E-state index contributed by atoms with van der Waals surface area (Å²) in [6, 6.07) is 12.3. The van der Waals surface area contributed by atoms with E-state index in [0.717, 1.165) is 30.2 Å². The van der Waals surface area contributed by atoms with Gasteiger partial charge in [-0.1, -0.05) is 18.6 Å². The Hall–Kier alpha value is -2.47. The summed E-state index contributed by atoms with van der Waals surface area (Å²) in [5, 5.41) is 1.02. The first-order chi connectivity index (χ1) is 12.6. The smallest absolute Gasteiger partial charge is 0.262 e. The summed E-state index contributed by atoms with van der Waals surface area (Å²) in [6.45, 7) is 0. The number of hydrogen-bond donors (Lipinski definition) is 2. The van der Waals surface area contributed by atoms with Gasteiger partial charge in [0, 0.05) is 16.6 Å². The van der Waals surface area contributed by atoms with Crippen molar-refractivity contribution >= 4 is 26.6 Å². The van der Waals surface area contributed by atoms with E-state index < -0.39 is 10.0 Å². The highest BCUT2D eigenvalue weighted by Crippen LogP contribution is 2.31. The van der Waals surface area contributed by atoms with Crippen LogP contribution in [0.3, 0.4) is 0 Å². The van der Waals surface area contributed by atoms with Crippen LogP contribution in [0.2, 0.25) is 0 Å². The van der Waals surface area contributed by atoms with Crippen molar-refractivity contribution in [1.82, 2.24) is 4.98 Å². The van der Waals surface area contributed by atoms with Gasteiger partial charge in [0.25, 0.3) is 10.0 Å². The summed E-state index contributed by atoms with van der Waals surface area (Å²) < 4.78 is 33.7. The van der Waals surface area contributed by atoms with Crippen LogP contribution in [0.1, 0.15) is 30.5 Å². The molecule has 0 amide bonds. The number of methoxy groups -OCH3 is 1. The maximum atomic E-state index is 12.9. The predicted molar refractivity (Wildman–Crippen MR) is 103 cm³/mol. The Morgan fingerprint density at radius 3 is 2.69 bits per heavy atom. The van der Waals surface area contributed by atoms with Gasteiger partial charge in [-0.25, -0.2) is 8.42 Å². The fourth-order valence-electron chi connectivity index (χ4n) is 3.66. The minimum Gasteiger partial charge on any atom is -0.495 e. The van der Waals surface area contributed by atoms with E-state index in [1.165, 1.54) is 31.2 Å². The van der Waals surface area contributed by atoms with Gasteiger partial charge in [-0.3, -0.25) is 4.72 Å². The number of benzene rings is 2. The van der Waals surface area contributed by atoms with Crippen molar-refractivity contribution in [2.24, 2.45) is 0 Å². The van der Waals surface area contributed by atoms with Crippen molar-refractivity contribution in [1.29, 1.82) is 0 Å². The third kappa shape index (κ3) is 3.05. The van der Waals surface area contributed by atoms with E-state index in [1.807, 2.05) is 6.07 Å². The van der Waals surface area contributed by atoms with Gasteiger partial charge in [0.15, 0.2) is 0 Å². The molecule has 136 valence electrons. The number of hydrogen-bond acceptors (Lipinski definition) is 3. The molecule has 3 aromatic rings. The first-order valence-electron chi connectivity index (χ1n) is 8.88. The van der Waals surface area contributed by atoms with E-state index in [0.29, 0.717) is 11.4 Å². The van der Waals surface area contributed by atoms with Crippen LogP contribution in [0.5, 0.6) is 5.75 Å². The molecular weight excluding hydrogens is 348 g/mol. The molecule has 0 spiro atoms. The molecular formula is C20H22N2O3S. The van der Waals surface area contributed by atoms with Crippen LogP contribution in [0.15, 0.2) is 47.4 Å². The Morgan fingerprint density at radius 2 is 1.85 bits per heavy atom. The molecule has 2 N–H and O–H groups in total. The van der Waals surface area contributed by atoms with Crippen molar-refractivity contribution in [2.75, 3.05) is 11.8 Å². The Bertz CT molecular complexity index is 1050. The number of anilines is 1. The standard InChI is InChI=1S/C20H22N2O3S/c1-25-20-10-6-5-9-19(20)22-26(23,24)14-11-12-18-16(13-14)15-7-3-2-4-8-17(15)21-18/h5-6,9-13,21-22H,2-4,7-8H2,1H3. The van der Waals surface area contributed by atoms with Gasteiger partial charge in [-0.2, -0.15) is 0 Å². The fourth-order valence-corrected chi connectivity index (χ4v) is 4.76. The van der Waals surface area contributed by atoms with Crippen LogP contribution in [-0.4, -0.2) is 20.5 Å². The van der Waals surface area contributed by atoms with Crippen molar-refractivity contribution in [3.63, 3.8) is 0 Å². The maximum Gasteiger partial charge on any atom is 0.262 e. The summed E-state index contributed by atoms with van der Waals surface area (Å²) in [5.41, 5.74) is 3.97. The number of para-hydroxylation sites is 2. The SMILES string of the molecule is COc1ccccc1NS(=O)(=O)c1ccc2[nH]c3c(c2c1)CCCCC3. The summed E-state index contributed by atoms with van der Waals surface area (Å²) in [5.74, 6) is 0.493. The maximum absolute atomic E-state index is 12.9. The fraction of sp³-hybridized carbons (Fsp3) is 0.300. The number of aryl methyl sites for hydroxylation is 2. The second-order valence-corrected chi connectivity index (χ2v) is 8.34. The first-order valence-corrected chi connectivity index (χ1v) is 10.4. The van der Waals surface area contributed by atoms with Gasteiger partial charge in [0.05, 0.1) is 17.7 Å². The van der Waals surface area contributed by atoms with E-state index in [2.05, 4.69) is 9.71 Å². The molecule has 0 saturated carbocycles. The largest absolute Gasteiger partial charge is 0.495 e. The molecule has 1 aliphatic carbocycles. The van der Waals surface area contributed by atoms with Gasteiger partial charge >= 0.3 is 0 Å². The quantitative estimate of drug-likeness (QED) is 0.675. The lowest BCUT2D eigenvalue weighted by molar-refractivity contribution is 0.417. The molecule has 4 rings (SSSR count). The summed E-state index contributed by atoms with van der Waals surface area (Å²) in [7, 11) is -2.17. The van der Waals surface area contributed by atoms with Crippen LogP contribution in [0, 0.1) is 0 Å². The molecule has 0 atom stereocenters. The molecule has 0 saturated heterocycles. The Balaban J connectivity index is 1.74. The van der Waals surface area contributed by atoms with E-state index in [9.17, 15) is 8.42 Å². The van der Waals surface area contributed by atoms with Gasteiger partial charge in [0.1, 0.15) is 5.75 Å². The van der Waals surface area contributed by atoms with Gasteiger partial charge in [-0.05, 0) is 61.6 Å². The van der Waals surface area contributed by atoms with E-state index in [-0.39, 0.29) is 4.90 Å². The molecule has 0 radical (unpaired) electrons. The average Bonchev–Trinajstić information content (AvgIpc) is 2.82. The molecule has 1 heterocycles. The lowest BCUT2D eigenvalue weighted by atomic mass is 10.1. The molecule has 5 nitrogen and oxygen atoms in total. The highest BCUT2D eigenvalue weighted by Gasteiger charge is 2.20. The molecule has 0 bridgehead atoms. The Labute approximate surface area is 153 Å². The topological polar surface area (TPSA) is 71.2 Å². The Kier molecular flexibility index (Phi) is 4.36. The van der Waals surface area contributed by atoms with E-state index in [1.54, 1.807) is 36.4 Å². The Morgan fingerprint density at radius 1 is 1.04 bits per heavy atom. The highest BCUT2D eigenvalue weighted by molar-refractivity contribution is 7.92. The van der Waals surface area contributed by atoms with Gasteiger partial charge in [-0.15, -0.1) is 0 Å². The third-order valence-electron chi connectivity index (χ3n) is 4.98. The molecule has 6 heteroatoms. The zero-order chi connectivity index (χ0) is 18.1. The van der Waals surface area contributed by atoms with Crippen LogP contribution >= 0.6 is 0 Å². The predicted octanol–water partition coefficient (Wildman–Crippen LogP) is 4.25. The summed E-state index contributed by atoms with van der Waals surface area (Å²) >= 11 is 0. The normalized spacial score (nSPS) is 14.7. The van der Waals surface area contributed by atoms with Gasteiger partial charge < -0.3 is 9.72 Å². The lowest BCUT2D eigenvalue weighted by Gasteiger charge is -2.12. The number of rotatable bonds is 4. The van der Waals surface area contributed by atoms with Crippen LogP contribution < -0.4 is 9.46 Å². The van der Waals surface area contributed by atoms with E-state index in [4.69, 9.17) is 4.74 Å². The second kappa shape index (κ2) is 6.68. The first kappa shape index (κ1) is 17.0. The second-order valence-electron chi connectivity index (χ2n) is 6.66. The van der Waals surface area contributed by atoms with Crippen molar-refractivity contribution in [3.8, 4) is 5.75 Å². The molecule has 1 aromatic heterocycles. The minimum atomic E-state index is -3.69. The zero-order valence-corrected chi connectivity index (χ0v) is 15.5. The van der Waals surface area contributed by atoms with Crippen molar-refractivity contribution in [3.05, 3.63) is 53.7 Å². The number of aromatic nitrogens is 1. The number of nitrogens with one attached hydrogen (secondary N) is 2. The zero-order valence-electron chi connectivity index (χ0n) is 14.7. The number of fused-ring (bicyclic) bond motifs is 3. The number of H-pyrrole nitrogens is 1. The van der Waals surface area contributed by atoms with Crippen LogP contribution in [0.4, 0.5) is 5.69 Å². The third-order valence-corrected chi connectivity index (χ3v) is 6.34. The number of aromatic amines is 1. The minimum absolute atomic E-state index is 0.266. The number of ether oxygens (including phenoxy) is 1. The van der Waals surface area contributed by atoms with Crippen molar-refractivity contribution in [2.45, 2.75) is 37.0 Å². The number of sulfonamides is 1. The van der Waals surface area contributed by atoms with Gasteiger partial charge in [0.2, 0.25) is 0 Å². The molecule has 2 aromatic carbocycles. The van der Waals surface area contributed by atoms with Crippen LogP contribution in [-0.2, 0) is 22.9 Å².